The SMILES string of the molecule is CCCCc1ccc(S2(OS(=O)(=O)C(F)(F)C(F)(F)C(F)(F)C(F)(F)F)CCCC2)c2ccccc12. The van der Waals surface area contributed by atoms with Gasteiger partial charge >= 0.3 is 33.4 Å². The number of fused-ring (bicyclic) bond motifs is 1. The van der Waals surface area contributed by atoms with Crippen LogP contribution in [-0.2, 0) is 20.2 Å². The van der Waals surface area contributed by atoms with Crippen LogP contribution in [0.3, 0.4) is 0 Å². The van der Waals surface area contributed by atoms with E-state index in [4.69, 9.17) is 0 Å². The summed E-state index contributed by atoms with van der Waals surface area (Å²) in [6.07, 6.45) is -4.35. The first-order valence-corrected chi connectivity index (χ1v) is 14.2. The maximum atomic E-state index is 14.4. The number of unbranched alkanes of at least 4 members (excludes halogenated alkanes) is 1. The van der Waals surface area contributed by atoms with Gasteiger partial charge in [0.25, 0.3) is 0 Å². The van der Waals surface area contributed by atoms with Gasteiger partial charge in [-0.1, -0.05) is 54.0 Å². The van der Waals surface area contributed by atoms with Gasteiger partial charge in [-0.3, -0.25) is 0 Å². The maximum absolute atomic E-state index is 14.4. The minimum atomic E-state index is -7.34. The quantitative estimate of drug-likeness (QED) is 0.289. The Labute approximate surface area is 203 Å². The van der Waals surface area contributed by atoms with Gasteiger partial charge in [-0.2, -0.15) is 47.9 Å². The predicted octanol–water partition coefficient (Wildman–Crippen LogP) is 7.83. The molecule has 36 heavy (non-hydrogen) atoms. The van der Waals surface area contributed by atoms with Crippen molar-refractivity contribution in [2.24, 2.45) is 0 Å². The van der Waals surface area contributed by atoms with E-state index >= 15 is 0 Å². The fourth-order valence-electron chi connectivity index (χ4n) is 4.07. The molecule has 0 N–H and O–H groups in total. The van der Waals surface area contributed by atoms with Crippen LogP contribution in [0.5, 0.6) is 0 Å². The third-order valence-corrected chi connectivity index (χ3v) is 11.7. The zero-order valence-corrected chi connectivity index (χ0v) is 20.5. The van der Waals surface area contributed by atoms with E-state index in [0.717, 1.165) is 18.4 Å². The summed E-state index contributed by atoms with van der Waals surface area (Å²) in [4.78, 5) is 0.126. The first-order valence-electron chi connectivity index (χ1n) is 10.9. The Hall–Kier alpha value is -1.67. The van der Waals surface area contributed by atoms with E-state index in [2.05, 4.69) is 3.63 Å². The molecule has 3 rings (SSSR count). The van der Waals surface area contributed by atoms with Gasteiger partial charge in [0.15, 0.2) is 0 Å². The molecule has 0 atom stereocenters. The standard InChI is InChI=1S/C22H23F9O3S2/c1-2-3-8-15-11-12-18(17-10-5-4-9-16(15)17)35(13-6-7-14-35)34-36(32,33)22(30,31)20(25,26)19(23,24)21(27,28)29/h4-5,9-12H,2-3,6-8,13-14H2,1H3. The molecule has 1 heterocycles. The Morgan fingerprint density at radius 2 is 1.39 bits per heavy atom. The molecule has 0 amide bonds. The van der Waals surface area contributed by atoms with Crippen LogP contribution >= 0.6 is 10.3 Å². The summed E-state index contributed by atoms with van der Waals surface area (Å²) in [5.41, 5.74) is 0.855. The zero-order chi connectivity index (χ0) is 27.2. The van der Waals surface area contributed by atoms with Crippen molar-refractivity contribution >= 4 is 31.2 Å². The minimum absolute atomic E-state index is 0.126. The summed E-state index contributed by atoms with van der Waals surface area (Å²) >= 11 is 0. The summed E-state index contributed by atoms with van der Waals surface area (Å²) in [5, 5.41) is -5.82. The highest BCUT2D eigenvalue weighted by Crippen LogP contribution is 2.66. The lowest BCUT2D eigenvalue weighted by molar-refractivity contribution is -0.382. The molecule has 0 bridgehead atoms. The van der Waals surface area contributed by atoms with E-state index in [-0.39, 0.29) is 29.2 Å². The van der Waals surface area contributed by atoms with Crippen molar-refractivity contribution in [3.63, 3.8) is 0 Å². The van der Waals surface area contributed by atoms with Crippen LogP contribution in [0.4, 0.5) is 39.5 Å². The third kappa shape index (κ3) is 4.57. The average Bonchev–Trinajstić information content (AvgIpc) is 3.24. The van der Waals surface area contributed by atoms with Crippen LogP contribution in [0.1, 0.15) is 38.2 Å². The van der Waals surface area contributed by atoms with E-state index in [0.29, 0.717) is 17.2 Å². The lowest BCUT2D eigenvalue weighted by atomic mass is 10.0. The summed E-state index contributed by atoms with van der Waals surface area (Å²) in [7, 11) is -10.3. The highest BCUT2D eigenvalue weighted by Gasteiger charge is 2.86. The van der Waals surface area contributed by atoms with E-state index in [1.807, 2.05) is 6.92 Å². The molecule has 1 aliphatic heterocycles. The first-order chi connectivity index (χ1) is 16.5. The van der Waals surface area contributed by atoms with Crippen molar-refractivity contribution in [2.45, 2.75) is 67.2 Å². The number of hydrogen-bond donors (Lipinski definition) is 0. The first kappa shape index (κ1) is 28.9. The van der Waals surface area contributed by atoms with Gasteiger partial charge in [0, 0.05) is 16.4 Å². The molecule has 2 aromatic rings. The average molecular weight is 571 g/mol. The Balaban J connectivity index is 2.13. The van der Waals surface area contributed by atoms with Crippen LogP contribution < -0.4 is 0 Å². The van der Waals surface area contributed by atoms with Crippen LogP contribution in [0.25, 0.3) is 10.8 Å². The van der Waals surface area contributed by atoms with Crippen molar-refractivity contribution in [1.29, 1.82) is 0 Å². The van der Waals surface area contributed by atoms with Gasteiger partial charge in [0.1, 0.15) is 0 Å². The summed E-state index contributed by atoms with van der Waals surface area (Å²) in [5.74, 6) is -15.0. The molecule has 1 aliphatic rings. The lowest BCUT2D eigenvalue weighted by Crippen LogP contribution is -2.63. The second-order valence-corrected chi connectivity index (χ2v) is 13.3. The fraction of sp³-hybridized carbons (Fsp3) is 0.545. The van der Waals surface area contributed by atoms with E-state index in [1.54, 1.807) is 30.3 Å². The monoisotopic (exact) mass is 570 g/mol. The summed E-state index contributed by atoms with van der Waals surface area (Å²) in [6.45, 7) is 1.96. The Morgan fingerprint density at radius 3 is 1.92 bits per heavy atom. The normalized spacial score (nSPS) is 18.5. The summed E-state index contributed by atoms with van der Waals surface area (Å²) < 4.78 is 150. The van der Waals surface area contributed by atoms with Crippen molar-refractivity contribution in [3.8, 4) is 0 Å². The highest BCUT2D eigenvalue weighted by atomic mass is 32.3. The van der Waals surface area contributed by atoms with Crippen LogP contribution in [0, 0.1) is 0 Å². The van der Waals surface area contributed by atoms with Gasteiger partial charge < -0.3 is 0 Å². The number of benzene rings is 2. The van der Waals surface area contributed by atoms with Crippen molar-refractivity contribution in [1.82, 2.24) is 0 Å². The Morgan fingerprint density at radius 1 is 0.833 bits per heavy atom. The molecule has 0 unspecified atom stereocenters. The topological polar surface area (TPSA) is 43.4 Å². The molecule has 0 saturated carbocycles. The molecule has 0 radical (unpaired) electrons. The third-order valence-electron chi connectivity index (χ3n) is 6.02. The molecule has 1 fully saturated rings. The smallest absolute Gasteiger partial charge is 0.211 e. The van der Waals surface area contributed by atoms with Gasteiger partial charge in [0.05, 0.1) is 0 Å². The maximum Gasteiger partial charge on any atom is 0.460 e. The van der Waals surface area contributed by atoms with Gasteiger partial charge in [-0.05, 0) is 48.1 Å². The molecule has 0 aliphatic carbocycles. The predicted molar refractivity (Wildman–Crippen MR) is 118 cm³/mol. The Kier molecular flexibility index (Phi) is 7.68. The van der Waals surface area contributed by atoms with Gasteiger partial charge in [0.2, 0.25) is 0 Å². The van der Waals surface area contributed by atoms with Crippen LogP contribution in [0.2, 0.25) is 0 Å². The molecule has 3 nitrogen and oxygen atoms in total. The van der Waals surface area contributed by atoms with Crippen LogP contribution in [0.15, 0.2) is 41.3 Å². The van der Waals surface area contributed by atoms with Crippen molar-refractivity contribution in [3.05, 3.63) is 42.0 Å². The summed E-state index contributed by atoms with van der Waals surface area (Å²) in [6, 6.07) is 9.59. The highest BCUT2D eigenvalue weighted by molar-refractivity contribution is 8.33. The molecule has 0 aromatic heterocycles. The zero-order valence-electron chi connectivity index (χ0n) is 18.9. The molecule has 2 aromatic carbocycles. The Bertz CT molecular complexity index is 1200. The molecule has 14 heteroatoms. The van der Waals surface area contributed by atoms with Crippen molar-refractivity contribution in [2.75, 3.05) is 11.5 Å². The van der Waals surface area contributed by atoms with Gasteiger partial charge in [-0.15, -0.1) is 0 Å². The number of hydrogen-bond acceptors (Lipinski definition) is 3. The van der Waals surface area contributed by atoms with Crippen LogP contribution in [-0.4, -0.2) is 43.2 Å². The molecule has 0 spiro atoms. The number of rotatable bonds is 9. The second-order valence-electron chi connectivity index (χ2n) is 8.48. The van der Waals surface area contributed by atoms with E-state index in [9.17, 15) is 47.9 Å². The van der Waals surface area contributed by atoms with E-state index < -0.39 is 43.7 Å². The van der Waals surface area contributed by atoms with Crippen molar-refractivity contribution < 1.29 is 51.6 Å². The van der Waals surface area contributed by atoms with E-state index in [1.165, 1.54) is 6.07 Å². The molecule has 1 saturated heterocycles. The number of halogens is 9. The molecule has 204 valence electrons. The molecular weight excluding hydrogens is 547 g/mol. The second kappa shape index (κ2) is 9.57. The molecular formula is C22H23F9O3S2. The lowest BCUT2D eigenvalue weighted by Gasteiger charge is -2.39. The fourth-order valence-corrected chi connectivity index (χ4v) is 9.95. The largest absolute Gasteiger partial charge is 0.460 e. The van der Waals surface area contributed by atoms with Gasteiger partial charge in [-0.25, -0.2) is 3.63 Å². The number of alkyl halides is 9. The minimum Gasteiger partial charge on any atom is -0.211 e. The number of aryl methyl sites for hydroxylation is 1.